The lowest BCUT2D eigenvalue weighted by Crippen LogP contribution is -2.28. The Morgan fingerprint density at radius 2 is 1.90 bits per heavy atom. The third-order valence-corrected chi connectivity index (χ3v) is 6.33. The predicted octanol–water partition coefficient (Wildman–Crippen LogP) is 4.69. The molecule has 4 rings (SSSR count). The molecular formula is C25H22F7N7O3. The molecule has 17 heteroatoms. The lowest BCUT2D eigenvalue weighted by atomic mass is 10.1. The molecule has 0 aliphatic carbocycles. The number of nitrogen functional groups attached to an aromatic ring is 1. The maximum Gasteiger partial charge on any atom is 0.423 e. The highest BCUT2D eigenvalue weighted by molar-refractivity contribution is 5.86. The summed E-state index contributed by atoms with van der Waals surface area (Å²) in [5, 5.41) is 7.26. The Bertz CT molecular complexity index is 1720. The first-order chi connectivity index (χ1) is 19.8. The van der Waals surface area contributed by atoms with Crippen molar-refractivity contribution in [2.45, 2.75) is 51.6 Å². The van der Waals surface area contributed by atoms with Crippen LogP contribution in [0.15, 0.2) is 40.3 Å². The van der Waals surface area contributed by atoms with Gasteiger partial charge < -0.3 is 20.4 Å². The monoisotopic (exact) mass is 601 g/mol. The Morgan fingerprint density at radius 1 is 1.17 bits per heavy atom. The minimum Gasteiger partial charge on any atom is -0.429 e. The van der Waals surface area contributed by atoms with Gasteiger partial charge in [0.05, 0.1) is 29.0 Å². The van der Waals surface area contributed by atoms with Crippen molar-refractivity contribution in [1.29, 1.82) is 0 Å². The summed E-state index contributed by atoms with van der Waals surface area (Å²) < 4.78 is 100. The third kappa shape index (κ3) is 6.28. The molecule has 0 saturated heterocycles. The summed E-state index contributed by atoms with van der Waals surface area (Å²) in [4.78, 5) is 32.1. The molecule has 0 amide bonds. The van der Waals surface area contributed by atoms with E-state index in [0.29, 0.717) is 6.42 Å². The number of rotatable bonds is 10. The van der Waals surface area contributed by atoms with E-state index in [2.05, 4.69) is 25.1 Å². The molecule has 10 nitrogen and oxygen atoms in total. The van der Waals surface area contributed by atoms with Crippen molar-refractivity contribution in [3.8, 4) is 17.1 Å². The molecule has 0 radical (unpaired) electrons. The van der Waals surface area contributed by atoms with Crippen molar-refractivity contribution in [2.24, 2.45) is 0 Å². The summed E-state index contributed by atoms with van der Waals surface area (Å²) in [6, 6.07) is 1.91. The number of aromatic nitrogens is 5. The van der Waals surface area contributed by atoms with E-state index in [1.165, 1.54) is 12.3 Å². The highest BCUT2D eigenvalue weighted by Gasteiger charge is 2.37. The summed E-state index contributed by atoms with van der Waals surface area (Å²) >= 11 is 0. The number of pyridine rings is 1. The predicted molar refractivity (Wildman–Crippen MR) is 137 cm³/mol. The first-order valence-electron chi connectivity index (χ1n) is 12.3. The maximum atomic E-state index is 15.1. The Hall–Kier alpha value is -4.70. The Labute approximate surface area is 231 Å². The quantitative estimate of drug-likeness (QED) is 0.223. The number of nitrogens with zero attached hydrogens (tertiary/aromatic N) is 4. The van der Waals surface area contributed by atoms with Gasteiger partial charge in [0.2, 0.25) is 0 Å². The van der Waals surface area contributed by atoms with Gasteiger partial charge in [0.1, 0.15) is 5.56 Å². The van der Waals surface area contributed by atoms with Crippen LogP contribution in [0.25, 0.3) is 22.2 Å². The Morgan fingerprint density at radius 3 is 2.55 bits per heavy atom. The minimum atomic E-state index is -4.92. The van der Waals surface area contributed by atoms with Crippen LogP contribution in [0.3, 0.4) is 0 Å². The van der Waals surface area contributed by atoms with Gasteiger partial charge in [0.25, 0.3) is 11.1 Å². The van der Waals surface area contributed by atoms with Crippen molar-refractivity contribution >= 4 is 22.3 Å². The number of benzene rings is 1. The van der Waals surface area contributed by atoms with Crippen LogP contribution in [0.5, 0.6) is 5.75 Å². The van der Waals surface area contributed by atoms with Crippen molar-refractivity contribution in [3.05, 3.63) is 68.6 Å². The summed E-state index contributed by atoms with van der Waals surface area (Å²) in [5.74, 6) is -4.50. The second-order valence-corrected chi connectivity index (χ2v) is 9.03. The maximum absolute atomic E-state index is 15.1. The molecule has 224 valence electrons. The number of hydrogen-bond donors (Lipinski definition) is 3. The molecule has 0 bridgehead atoms. The molecule has 0 fully saturated rings. The molecule has 3 heterocycles. The number of alkyl halides is 5. The zero-order valence-corrected chi connectivity index (χ0v) is 21.6. The smallest absolute Gasteiger partial charge is 0.423 e. The average Bonchev–Trinajstić information content (AvgIpc) is 2.91. The molecular weight excluding hydrogens is 579 g/mol. The van der Waals surface area contributed by atoms with Gasteiger partial charge >= 0.3 is 12.8 Å². The molecule has 1 aromatic carbocycles. The van der Waals surface area contributed by atoms with Gasteiger partial charge in [-0.3, -0.25) is 9.59 Å². The Balaban J connectivity index is 1.54. The fourth-order valence-corrected chi connectivity index (χ4v) is 4.31. The number of aryl methyl sites for hydroxylation is 1. The number of nitrogens with two attached hydrogens (primary N) is 1. The van der Waals surface area contributed by atoms with Crippen molar-refractivity contribution < 1.29 is 35.5 Å². The largest absolute Gasteiger partial charge is 0.429 e. The van der Waals surface area contributed by atoms with Gasteiger partial charge in [-0.05, 0) is 36.8 Å². The van der Waals surface area contributed by atoms with E-state index >= 15 is 8.78 Å². The second-order valence-electron chi connectivity index (χ2n) is 9.03. The molecule has 42 heavy (non-hydrogen) atoms. The van der Waals surface area contributed by atoms with E-state index < -0.39 is 81.2 Å². The molecule has 0 saturated carbocycles. The highest BCUT2D eigenvalue weighted by Crippen LogP contribution is 2.32. The van der Waals surface area contributed by atoms with Crippen molar-refractivity contribution in [3.63, 3.8) is 0 Å². The second kappa shape index (κ2) is 12.0. The van der Waals surface area contributed by atoms with Gasteiger partial charge in [0, 0.05) is 18.8 Å². The number of halogens is 7. The van der Waals surface area contributed by atoms with E-state index in [1.807, 2.05) is 0 Å². The lowest BCUT2D eigenvalue weighted by molar-refractivity contribution is -0.138. The molecule has 3 aromatic heterocycles. The van der Waals surface area contributed by atoms with Crippen LogP contribution in [0.2, 0.25) is 0 Å². The zero-order valence-electron chi connectivity index (χ0n) is 21.6. The average molecular weight is 601 g/mol. The fourth-order valence-electron chi connectivity index (χ4n) is 4.31. The van der Waals surface area contributed by atoms with Crippen LogP contribution in [-0.4, -0.2) is 37.4 Å². The van der Waals surface area contributed by atoms with Crippen LogP contribution in [0.1, 0.15) is 31.7 Å². The number of H-pyrrole nitrogens is 1. The molecule has 1 atom stereocenters. The first-order valence-corrected chi connectivity index (χ1v) is 12.3. The molecule has 0 aliphatic heterocycles. The van der Waals surface area contributed by atoms with Gasteiger partial charge in [-0.1, -0.05) is 6.92 Å². The van der Waals surface area contributed by atoms with E-state index in [0.717, 1.165) is 23.0 Å². The van der Waals surface area contributed by atoms with Crippen LogP contribution in [0, 0.1) is 11.6 Å². The molecule has 4 N–H and O–H groups in total. The summed E-state index contributed by atoms with van der Waals surface area (Å²) in [7, 11) is 0. The van der Waals surface area contributed by atoms with Gasteiger partial charge in [-0.2, -0.15) is 27.1 Å². The van der Waals surface area contributed by atoms with Crippen LogP contribution >= 0.6 is 0 Å². The topological polar surface area (TPSA) is 141 Å². The standard InChI is InChI=1S/C25H22F7N7O3/c1-2-12(36-14-9-35-38-22(40)17(14)25(30,31)32)4-3-6-39-7-5-11-8-13(18(26)19(27)16(11)23(39)41)21-34-10-15(20(33)37-21)42-24(28)29/h5,7-10,12,24H,2-4,6H2,1H3,(H2,33,34,37)(H2,36,38,40)/t12-/m0/s1. The third-order valence-electron chi connectivity index (χ3n) is 6.33. The van der Waals surface area contributed by atoms with Crippen LogP contribution in [0.4, 0.5) is 42.2 Å². The van der Waals surface area contributed by atoms with E-state index in [-0.39, 0.29) is 24.8 Å². The number of fused-ring (bicyclic) bond motifs is 1. The minimum absolute atomic E-state index is 0.00481. The number of hydrogen-bond acceptors (Lipinski definition) is 8. The van der Waals surface area contributed by atoms with Crippen LogP contribution < -0.4 is 26.9 Å². The summed E-state index contributed by atoms with van der Waals surface area (Å²) in [6.45, 7) is -1.49. The van der Waals surface area contributed by atoms with Gasteiger partial charge in [-0.25, -0.2) is 23.8 Å². The Kier molecular flexibility index (Phi) is 8.67. The summed E-state index contributed by atoms with van der Waals surface area (Å²) in [5.41, 5.74) is 0.918. The van der Waals surface area contributed by atoms with E-state index in [1.54, 1.807) is 12.0 Å². The van der Waals surface area contributed by atoms with Crippen LogP contribution in [-0.2, 0) is 12.7 Å². The lowest BCUT2D eigenvalue weighted by Gasteiger charge is -2.20. The number of nitrogens with one attached hydrogen (secondary N) is 2. The summed E-state index contributed by atoms with van der Waals surface area (Å²) in [6.07, 6.45) is -1.09. The van der Waals surface area contributed by atoms with E-state index in [9.17, 15) is 31.5 Å². The zero-order chi connectivity index (χ0) is 30.8. The normalized spacial score (nSPS) is 12.6. The van der Waals surface area contributed by atoms with Crippen molar-refractivity contribution in [2.75, 3.05) is 11.1 Å². The van der Waals surface area contributed by atoms with Gasteiger partial charge in [0.15, 0.2) is 29.0 Å². The highest BCUT2D eigenvalue weighted by atomic mass is 19.4. The van der Waals surface area contributed by atoms with Gasteiger partial charge in [-0.15, -0.1) is 0 Å². The molecule has 0 unspecified atom stereocenters. The molecule has 0 aliphatic rings. The fraction of sp³-hybridized carbons (Fsp3) is 0.320. The molecule has 0 spiro atoms. The SMILES string of the molecule is CC[C@@H](CCCn1ccc2cc(-c3ncc(OC(F)F)c(N)n3)c(F)c(F)c2c1=O)Nc1cn[nH]c(=O)c1C(F)(F)F. The number of ether oxygens (including phenoxy) is 1. The first kappa shape index (κ1) is 30.3. The van der Waals surface area contributed by atoms with E-state index in [4.69, 9.17) is 5.73 Å². The molecule has 4 aromatic rings. The van der Waals surface area contributed by atoms with Crippen molar-refractivity contribution in [1.82, 2.24) is 24.7 Å². The number of anilines is 2. The number of aromatic amines is 1.